The summed E-state index contributed by atoms with van der Waals surface area (Å²) in [6.07, 6.45) is 0.726. The topological polar surface area (TPSA) is 90.9 Å². The zero-order valence-corrected chi connectivity index (χ0v) is 17.3. The van der Waals surface area contributed by atoms with E-state index in [2.05, 4.69) is 30.7 Å². The number of carbonyl (C=O) groups excluding carboxylic acids is 3. The highest BCUT2D eigenvalue weighted by Gasteiger charge is 2.15. The molecule has 0 spiro atoms. The summed E-state index contributed by atoms with van der Waals surface area (Å²) in [6, 6.07) is 9.83. The van der Waals surface area contributed by atoms with Gasteiger partial charge in [0.15, 0.2) is 0 Å². The summed E-state index contributed by atoms with van der Waals surface area (Å²) in [5.41, 5.74) is 1.55. The first kappa shape index (κ1) is 21.4. The van der Waals surface area contributed by atoms with Crippen molar-refractivity contribution in [2.24, 2.45) is 0 Å². The molecule has 8 heteroatoms. The van der Waals surface area contributed by atoms with E-state index in [-0.39, 0.29) is 23.5 Å². The van der Waals surface area contributed by atoms with Gasteiger partial charge in [0.05, 0.1) is 36.9 Å². The van der Waals surface area contributed by atoms with Gasteiger partial charge in [0.2, 0.25) is 5.91 Å². The zero-order valence-electron chi connectivity index (χ0n) is 15.7. The van der Waals surface area contributed by atoms with Crippen molar-refractivity contribution in [3.8, 4) is 5.75 Å². The number of nitrogens with one attached hydrogen (secondary N) is 1. The fraction of sp³-hybridized carbons (Fsp3) is 0.250. The van der Waals surface area contributed by atoms with Crippen LogP contribution in [0.1, 0.15) is 32.7 Å². The molecule has 0 aliphatic carbocycles. The summed E-state index contributed by atoms with van der Waals surface area (Å²) in [4.78, 5) is 35.9. The lowest BCUT2D eigenvalue weighted by Crippen LogP contribution is -2.14. The van der Waals surface area contributed by atoms with Crippen molar-refractivity contribution in [1.29, 1.82) is 0 Å². The van der Waals surface area contributed by atoms with Gasteiger partial charge >= 0.3 is 11.9 Å². The Hall–Kier alpha value is -2.87. The summed E-state index contributed by atoms with van der Waals surface area (Å²) in [7, 11) is 4.05. The second-order valence-electron chi connectivity index (χ2n) is 5.80. The van der Waals surface area contributed by atoms with E-state index in [1.54, 1.807) is 7.11 Å². The smallest absolute Gasteiger partial charge is 0.337 e. The minimum Gasteiger partial charge on any atom is -0.496 e. The third-order valence-electron chi connectivity index (χ3n) is 3.92. The summed E-state index contributed by atoms with van der Waals surface area (Å²) in [5, 5.41) is 2.70. The van der Waals surface area contributed by atoms with Crippen molar-refractivity contribution in [3.05, 3.63) is 57.6 Å². The monoisotopic (exact) mass is 449 g/mol. The van der Waals surface area contributed by atoms with Gasteiger partial charge in [-0.3, -0.25) is 4.79 Å². The largest absolute Gasteiger partial charge is 0.496 e. The Labute approximate surface area is 171 Å². The molecule has 0 aliphatic heterocycles. The van der Waals surface area contributed by atoms with E-state index in [0.29, 0.717) is 17.9 Å². The molecule has 0 heterocycles. The number of aryl methyl sites for hydroxylation is 1. The van der Waals surface area contributed by atoms with Crippen LogP contribution in [0, 0.1) is 0 Å². The quantitative estimate of drug-likeness (QED) is 0.649. The molecule has 0 radical (unpaired) electrons. The summed E-state index contributed by atoms with van der Waals surface area (Å²) < 4.78 is 15.4. The van der Waals surface area contributed by atoms with Crippen molar-refractivity contribution in [2.45, 2.75) is 12.8 Å². The molecule has 7 nitrogen and oxygen atoms in total. The molecule has 0 fully saturated rings. The van der Waals surface area contributed by atoms with Crippen molar-refractivity contribution < 1.29 is 28.6 Å². The highest BCUT2D eigenvalue weighted by Crippen LogP contribution is 2.26. The van der Waals surface area contributed by atoms with Crippen molar-refractivity contribution in [1.82, 2.24) is 0 Å². The molecule has 0 saturated heterocycles. The lowest BCUT2D eigenvalue weighted by Gasteiger charge is -2.10. The van der Waals surface area contributed by atoms with E-state index in [4.69, 9.17) is 4.74 Å². The molecule has 28 heavy (non-hydrogen) atoms. The number of anilines is 1. The first-order valence-corrected chi connectivity index (χ1v) is 9.11. The third-order valence-corrected chi connectivity index (χ3v) is 4.54. The maximum Gasteiger partial charge on any atom is 0.337 e. The maximum absolute atomic E-state index is 12.3. The number of methoxy groups -OCH3 is 3. The Bertz CT molecular complexity index is 862. The molecule has 0 unspecified atom stereocenters. The summed E-state index contributed by atoms with van der Waals surface area (Å²) >= 11 is 3.41. The molecule has 2 aromatic rings. The Morgan fingerprint density at radius 1 is 0.929 bits per heavy atom. The van der Waals surface area contributed by atoms with Crippen LogP contribution in [0.2, 0.25) is 0 Å². The number of rotatable bonds is 7. The molecule has 0 aromatic heterocycles. The third kappa shape index (κ3) is 5.56. The second kappa shape index (κ2) is 9.89. The number of hydrogen-bond donors (Lipinski definition) is 1. The maximum atomic E-state index is 12.3. The first-order chi connectivity index (χ1) is 13.4. The Morgan fingerprint density at radius 2 is 1.54 bits per heavy atom. The van der Waals surface area contributed by atoms with Gasteiger partial charge in [0.1, 0.15) is 5.75 Å². The van der Waals surface area contributed by atoms with Crippen LogP contribution >= 0.6 is 15.9 Å². The Morgan fingerprint density at radius 3 is 2.04 bits per heavy atom. The number of hydrogen-bond acceptors (Lipinski definition) is 6. The standard InChI is InChI=1S/C20H20BrNO6/c1-26-17-6-4-12(8-16(17)21)5-7-18(23)22-15-10-13(19(24)27-2)9-14(11-15)20(25)28-3/h4,6,8-11H,5,7H2,1-3H3,(H,22,23). The molecule has 0 saturated carbocycles. The molecule has 0 atom stereocenters. The van der Waals surface area contributed by atoms with Gasteiger partial charge in [-0.25, -0.2) is 9.59 Å². The molecule has 148 valence electrons. The van der Waals surface area contributed by atoms with E-state index < -0.39 is 11.9 Å². The van der Waals surface area contributed by atoms with Crippen LogP contribution in [0.5, 0.6) is 5.75 Å². The van der Waals surface area contributed by atoms with E-state index in [0.717, 1.165) is 10.0 Å². The van der Waals surface area contributed by atoms with Gasteiger partial charge in [0, 0.05) is 12.1 Å². The highest BCUT2D eigenvalue weighted by atomic mass is 79.9. The van der Waals surface area contributed by atoms with Crippen molar-refractivity contribution in [2.75, 3.05) is 26.6 Å². The normalized spacial score (nSPS) is 10.1. The highest BCUT2D eigenvalue weighted by molar-refractivity contribution is 9.10. The fourth-order valence-corrected chi connectivity index (χ4v) is 3.11. The SMILES string of the molecule is COC(=O)c1cc(NC(=O)CCc2ccc(OC)c(Br)c2)cc(C(=O)OC)c1. The summed E-state index contributed by atoms with van der Waals surface area (Å²) in [5.74, 6) is -0.790. The predicted molar refractivity (Wildman–Crippen MR) is 107 cm³/mol. The molecule has 1 N–H and O–H groups in total. The second-order valence-corrected chi connectivity index (χ2v) is 6.65. The van der Waals surface area contributed by atoms with Crippen LogP contribution in [0.4, 0.5) is 5.69 Å². The number of esters is 2. The lowest BCUT2D eigenvalue weighted by atomic mass is 10.1. The van der Waals surface area contributed by atoms with Gasteiger partial charge in [0.25, 0.3) is 0 Å². The van der Waals surface area contributed by atoms with Crippen molar-refractivity contribution >= 4 is 39.5 Å². The van der Waals surface area contributed by atoms with Gasteiger partial charge in [-0.1, -0.05) is 6.07 Å². The molecule has 1 amide bonds. The zero-order chi connectivity index (χ0) is 20.7. The first-order valence-electron chi connectivity index (χ1n) is 8.32. The van der Waals surface area contributed by atoms with Crippen LogP contribution in [0.3, 0.4) is 0 Å². The molecular weight excluding hydrogens is 430 g/mol. The average molecular weight is 450 g/mol. The van der Waals surface area contributed by atoms with Crippen LogP contribution in [-0.4, -0.2) is 39.2 Å². The van der Waals surface area contributed by atoms with Crippen LogP contribution < -0.4 is 10.1 Å². The Balaban J connectivity index is 2.10. The molecule has 0 aliphatic rings. The van der Waals surface area contributed by atoms with Crippen LogP contribution in [0.25, 0.3) is 0 Å². The number of benzene rings is 2. The number of carbonyl (C=O) groups is 3. The number of halogens is 1. The minimum absolute atomic E-state index is 0.139. The van der Waals surface area contributed by atoms with Crippen LogP contribution in [-0.2, 0) is 20.7 Å². The van der Waals surface area contributed by atoms with Crippen molar-refractivity contribution in [3.63, 3.8) is 0 Å². The molecule has 0 bridgehead atoms. The van der Waals surface area contributed by atoms with E-state index in [9.17, 15) is 14.4 Å². The van der Waals surface area contributed by atoms with E-state index >= 15 is 0 Å². The summed E-state index contributed by atoms with van der Waals surface area (Å²) in [6.45, 7) is 0. The molecular formula is C20H20BrNO6. The van der Waals surface area contributed by atoms with E-state index in [1.165, 1.54) is 32.4 Å². The van der Waals surface area contributed by atoms with E-state index in [1.807, 2.05) is 18.2 Å². The van der Waals surface area contributed by atoms with Gasteiger partial charge in [-0.05, 0) is 58.2 Å². The lowest BCUT2D eigenvalue weighted by molar-refractivity contribution is -0.116. The van der Waals surface area contributed by atoms with Gasteiger partial charge in [-0.2, -0.15) is 0 Å². The van der Waals surface area contributed by atoms with Gasteiger partial charge < -0.3 is 19.5 Å². The average Bonchev–Trinajstić information content (AvgIpc) is 2.70. The molecule has 2 rings (SSSR count). The number of ether oxygens (including phenoxy) is 3. The fourth-order valence-electron chi connectivity index (χ4n) is 2.52. The number of amides is 1. The predicted octanol–water partition coefficient (Wildman–Crippen LogP) is 3.60. The van der Waals surface area contributed by atoms with Crippen LogP contribution in [0.15, 0.2) is 40.9 Å². The Kier molecular flexibility index (Phi) is 7.57. The molecule has 2 aromatic carbocycles. The minimum atomic E-state index is -0.621. The van der Waals surface area contributed by atoms with Gasteiger partial charge in [-0.15, -0.1) is 0 Å².